The van der Waals surface area contributed by atoms with Crippen LogP contribution in [0.4, 0.5) is 16.3 Å². The molecule has 3 heterocycles. The first-order valence-corrected chi connectivity index (χ1v) is 9.94. The molecule has 1 saturated heterocycles. The molecule has 7 heteroatoms. The predicted octanol–water partition coefficient (Wildman–Crippen LogP) is 3.88. The minimum absolute atomic E-state index is 0.0786. The van der Waals surface area contributed by atoms with Crippen molar-refractivity contribution in [3.63, 3.8) is 0 Å². The summed E-state index contributed by atoms with van der Waals surface area (Å²) in [6, 6.07) is 11.9. The Bertz CT molecular complexity index is 984. The summed E-state index contributed by atoms with van der Waals surface area (Å²) < 4.78 is 0. The minimum atomic E-state index is -0.162. The molecule has 3 N–H and O–H groups in total. The number of nitrogens with zero attached hydrogens (tertiary/aromatic N) is 3. The van der Waals surface area contributed by atoms with Crippen LogP contribution in [0.5, 0.6) is 0 Å². The van der Waals surface area contributed by atoms with E-state index < -0.39 is 0 Å². The Hall–Kier alpha value is -3.35. The van der Waals surface area contributed by atoms with Gasteiger partial charge in [0.05, 0.1) is 5.69 Å². The third-order valence-electron chi connectivity index (χ3n) is 5.28. The lowest BCUT2D eigenvalue weighted by atomic mass is 10.1. The summed E-state index contributed by atoms with van der Waals surface area (Å²) in [4.78, 5) is 18.8. The maximum absolute atomic E-state index is 12.5. The first-order chi connectivity index (χ1) is 14.1. The van der Waals surface area contributed by atoms with E-state index in [0.29, 0.717) is 0 Å². The lowest BCUT2D eigenvalue weighted by Gasteiger charge is -2.33. The molecule has 2 aromatic heterocycles. The number of H-pyrrole nitrogens is 1. The number of aryl methyl sites for hydroxylation is 2. The predicted molar refractivity (Wildman–Crippen MR) is 115 cm³/mol. The van der Waals surface area contributed by atoms with Crippen molar-refractivity contribution < 1.29 is 4.79 Å². The fourth-order valence-electron chi connectivity index (χ4n) is 3.67. The van der Waals surface area contributed by atoms with Gasteiger partial charge < -0.3 is 15.5 Å². The number of carbonyl (C=O) groups is 1. The van der Waals surface area contributed by atoms with E-state index in [-0.39, 0.29) is 12.1 Å². The molecule has 7 nitrogen and oxygen atoms in total. The van der Waals surface area contributed by atoms with Crippen LogP contribution in [0.2, 0.25) is 0 Å². The molecule has 0 spiro atoms. The molecule has 0 saturated carbocycles. The first-order valence-electron chi connectivity index (χ1n) is 9.94. The van der Waals surface area contributed by atoms with Gasteiger partial charge >= 0.3 is 6.03 Å². The number of hydrogen-bond donors (Lipinski definition) is 3. The standard InChI is InChI=1S/C22H26N6O/c1-15-5-6-16(2)19(12-15)25-22(29)24-18-4-3-11-28(14-18)21-13-20(26-27-21)17-7-9-23-10-8-17/h5-10,12-13,18H,3-4,11,14H2,1-2H3,(H,26,27)(H2,24,25,29)/t18-/m0/s1. The summed E-state index contributed by atoms with van der Waals surface area (Å²) in [5.41, 5.74) is 5.04. The number of hydrogen-bond acceptors (Lipinski definition) is 4. The molecule has 0 unspecified atom stereocenters. The number of nitrogens with one attached hydrogen (secondary N) is 3. The highest BCUT2D eigenvalue weighted by Gasteiger charge is 2.23. The Labute approximate surface area is 170 Å². The van der Waals surface area contributed by atoms with Crippen LogP contribution in [0, 0.1) is 13.8 Å². The summed E-state index contributed by atoms with van der Waals surface area (Å²) in [6.07, 6.45) is 5.50. The maximum atomic E-state index is 12.5. The van der Waals surface area contributed by atoms with E-state index in [1.165, 1.54) is 0 Å². The highest BCUT2D eigenvalue weighted by atomic mass is 16.2. The van der Waals surface area contributed by atoms with Gasteiger partial charge in [0.15, 0.2) is 5.82 Å². The average molecular weight is 390 g/mol. The fourth-order valence-corrected chi connectivity index (χ4v) is 3.67. The number of benzene rings is 1. The molecule has 0 bridgehead atoms. The van der Waals surface area contributed by atoms with Crippen LogP contribution in [0.15, 0.2) is 48.8 Å². The highest BCUT2D eigenvalue weighted by Crippen LogP contribution is 2.24. The average Bonchev–Trinajstić information content (AvgIpc) is 3.22. The van der Waals surface area contributed by atoms with Crippen LogP contribution in [0.1, 0.15) is 24.0 Å². The van der Waals surface area contributed by atoms with E-state index in [0.717, 1.165) is 59.8 Å². The van der Waals surface area contributed by atoms with Crippen molar-refractivity contribution in [2.24, 2.45) is 0 Å². The quantitative estimate of drug-likeness (QED) is 0.631. The minimum Gasteiger partial charge on any atom is -0.353 e. The number of urea groups is 1. The van der Waals surface area contributed by atoms with Gasteiger partial charge in [0.1, 0.15) is 0 Å². The Morgan fingerprint density at radius 1 is 1.17 bits per heavy atom. The number of pyridine rings is 1. The van der Waals surface area contributed by atoms with Crippen LogP contribution >= 0.6 is 0 Å². The van der Waals surface area contributed by atoms with Crippen LogP contribution in [-0.2, 0) is 0 Å². The van der Waals surface area contributed by atoms with E-state index >= 15 is 0 Å². The molecular weight excluding hydrogens is 364 g/mol. The second-order valence-electron chi connectivity index (χ2n) is 7.58. The number of amides is 2. The Morgan fingerprint density at radius 2 is 2.00 bits per heavy atom. The molecule has 0 aliphatic carbocycles. The molecular formula is C22H26N6O. The molecule has 29 heavy (non-hydrogen) atoms. The summed E-state index contributed by atoms with van der Waals surface area (Å²) >= 11 is 0. The summed E-state index contributed by atoms with van der Waals surface area (Å²) in [5.74, 6) is 0.901. The number of carbonyl (C=O) groups excluding carboxylic acids is 1. The third-order valence-corrected chi connectivity index (χ3v) is 5.28. The molecule has 1 fully saturated rings. The van der Waals surface area contributed by atoms with Crippen LogP contribution < -0.4 is 15.5 Å². The van der Waals surface area contributed by atoms with Gasteiger partial charge in [-0.2, -0.15) is 5.10 Å². The summed E-state index contributed by atoms with van der Waals surface area (Å²) in [6.45, 7) is 5.68. The van der Waals surface area contributed by atoms with Crippen LogP contribution in [0.3, 0.4) is 0 Å². The van der Waals surface area contributed by atoms with Gasteiger partial charge in [-0.3, -0.25) is 10.1 Å². The molecule has 1 aromatic carbocycles. The Morgan fingerprint density at radius 3 is 2.83 bits per heavy atom. The third kappa shape index (κ3) is 4.56. The molecule has 2 amide bonds. The molecule has 1 aliphatic heterocycles. The topological polar surface area (TPSA) is 85.9 Å². The summed E-state index contributed by atoms with van der Waals surface area (Å²) in [7, 11) is 0. The van der Waals surface area contributed by atoms with Crippen molar-refractivity contribution >= 4 is 17.5 Å². The second-order valence-corrected chi connectivity index (χ2v) is 7.58. The molecule has 1 aliphatic rings. The normalized spacial score (nSPS) is 16.5. The van der Waals surface area contributed by atoms with E-state index in [2.05, 4.69) is 30.7 Å². The molecule has 150 valence electrons. The SMILES string of the molecule is Cc1ccc(C)c(NC(=O)N[C@H]2CCCN(c3cc(-c4ccncc4)[nH]n3)C2)c1. The van der Waals surface area contributed by atoms with Crippen LogP contribution in [0.25, 0.3) is 11.3 Å². The van der Waals surface area contributed by atoms with Gasteiger partial charge in [-0.15, -0.1) is 0 Å². The molecule has 3 aromatic rings. The van der Waals surface area contributed by atoms with Gasteiger partial charge in [-0.1, -0.05) is 12.1 Å². The first kappa shape index (κ1) is 19.0. The van der Waals surface area contributed by atoms with Crippen molar-refractivity contribution in [3.8, 4) is 11.3 Å². The molecule has 1 atom stereocenters. The van der Waals surface area contributed by atoms with E-state index in [1.54, 1.807) is 12.4 Å². The Kier molecular flexibility index (Phi) is 5.46. The van der Waals surface area contributed by atoms with Crippen LogP contribution in [-0.4, -0.2) is 40.3 Å². The number of rotatable bonds is 4. The van der Waals surface area contributed by atoms with Crippen molar-refractivity contribution in [3.05, 3.63) is 59.9 Å². The van der Waals surface area contributed by atoms with Gasteiger partial charge in [0, 0.05) is 48.8 Å². The zero-order valence-corrected chi connectivity index (χ0v) is 16.8. The highest BCUT2D eigenvalue weighted by molar-refractivity contribution is 5.90. The second kappa shape index (κ2) is 8.34. The zero-order valence-electron chi connectivity index (χ0n) is 16.8. The largest absolute Gasteiger partial charge is 0.353 e. The lowest BCUT2D eigenvalue weighted by molar-refractivity contribution is 0.246. The van der Waals surface area contributed by atoms with Gasteiger partial charge in [-0.25, -0.2) is 4.79 Å². The van der Waals surface area contributed by atoms with E-state index in [9.17, 15) is 4.79 Å². The number of aromatic amines is 1. The van der Waals surface area contributed by atoms with Gasteiger partial charge in [0.25, 0.3) is 0 Å². The number of piperidine rings is 1. The maximum Gasteiger partial charge on any atom is 0.319 e. The fraction of sp³-hybridized carbons (Fsp3) is 0.318. The number of aromatic nitrogens is 3. The zero-order chi connectivity index (χ0) is 20.2. The van der Waals surface area contributed by atoms with Crippen molar-refractivity contribution in [2.45, 2.75) is 32.7 Å². The monoisotopic (exact) mass is 390 g/mol. The summed E-state index contributed by atoms with van der Waals surface area (Å²) in [5, 5.41) is 13.7. The lowest BCUT2D eigenvalue weighted by Crippen LogP contribution is -2.49. The van der Waals surface area contributed by atoms with E-state index in [1.807, 2.05) is 50.2 Å². The molecule has 4 rings (SSSR count). The smallest absolute Gasteiger partial charge is 0.319 e. The molecule has 0 radical (unpaired) electrons. The van der Waals surface area contributed by atoms with Crippen molar-refractivity contribution in [1.29, 1.82) is 0 Å². The van der Waals surface area contributed by atoms with E-state index in [4.69, 9.17) is 0 Å². The van der Waals surface area contributed by atoms with Crippen molar-refractivity contribution in [2.75, 3.05) is 23.3 Å². The van der Waals surface area contributed by atoms with Gasteiger partial charge in [-0.05, 0) is 56.0 Å². The number of anilines is 2. The Balaban J connectivity index is 1.38. The van der Waals surface area contributed by atoms with Gasteiger partial charge in [0.2, 0.25) is 0 Å². The van der Waals surface area contributed by atoms with Crippen molar-refractivity contribution in [1.82, 2.24) is 20.5 Å².